The topological polar surface area (TPSA) is 35.2 Å². The lowest BCUT2D eigenvalue weighted by atomic mass is 10.0. The van der Waals surface area contributed by atoms with E-state index < -0.39 is 0 Å². The van der Waals surface area contributed by atoms with Crippen molar-refractivity contribution in [2.45, 2.75) is 38.0 Å². The fraction of sp³-hybridized carbons (Fsp3) is 0.455. The zero-order chi connectivity index (χ0) is 10.5. The van der Waals surface area contributed by atoms with E-state index in [0.29, 0.717) is 0 Å². The minimum Gasteiger partial charge on any atom is -0.478 e. The second kappa shape index (κ2) is 3.09. The molecule has 0 spiro atoms. The van der Waals surface area contributed by atoms with Crippen molar-refractivity contribution in [1.29, 1.82) is 0 Å². The van der Waals surface area contributed by atoms with Crippen molar-refractivity contribution in [1.82, 2.24) is 0 Å². The predicted octanol–water partition coefficient (Wildman–Crippen LogP) is 3.02. The number of ether oxygens (including phenoxy) is 1. The molecule has 0 saturated heterocycles. The maximum absolute atomic E-state index is 6.03. The normalized spacial score (nSPS) is 19.3. The van der Waals surface area contributed by atoms with E-state index in [1.54, 1.807) is 11.8 Å². The van der Waals surface area contributed by atoms with Gasteiger partial charge in [0.1, 0.15) is 11.2 Å². The molecule has 3 heteroatoms. The molecule has 0 saturated carbocycles. The van der Waals surface area contributed by atoms with Crippen molar-refractivity contribution in [3.8, 4) is 5.75 Å². The van der Waals surface area contributed by atoms with Crippen LogP contribution in [0.4, 0.5) is 5.69 Å². The highest BCUT2D eigenvalue weighted by Crippen LogP contribution is 2.47. The standard InChI is InChI=1S/C11H15NOS/c1-5-6(2)10-11(7(3)9(5)12)14-8(4)13-10/h8H,12H2,1-4H3. The highest BCUT2D eigenvalue weighted by Gasteiger charge is 2.26. The Labute approximate surface area is 88.8 Å². The van der Waals surface area contributed by atoms with E-state index in [4.69, 9.17) is 10.5 Å². The molecule has 2 N–H and O–H groups in total. The molecule has 76 valence electrons. The van der Waals surface area contributed by atoms with Crippen LogP contribution in [-0.4, -0.2) is 5.44 Å². The van der Waals surface area contributed by atoms with Gasteiger partial charge in [0, 0.05) is 5.69 Å². The molecule has 0 aromatic heterocycles. The van der Waals surface area contributed by atoms with E-state index in [2.05, 4.69) is 27.7 Å². The molecule has 1 aliphatic heterocycles. The summed E-state index contributed by atoms with van der Waals surface area (Å²) in [5.74, 6) is 1.03. The fourth-order valence-electron chi connectivity index (χ4n) is 1.76. The minimum atomic E-state index is 0.212. The lowest BCUT2D eigenvalue weighted by Crippen LogP contribution is -2.01. The first-order valence-corrected chi connectivity index (χ1v) is 5.63. The average molecular weight is 209 g/mol. The third-order valence-electron chi connectivity index (χ3n) is 2.83. The summed E-state index contributed by atoms with van der Waals surface area (Å²) < 4.78 is 5.76. The molecule has 2 rings (SSSR count). The molecule has 1 unspecified atom stereocenters. The SMILES string of the molecule is Cc1c(C)c2c(c(C)c1N)SC(C)O2. The number of anilines is 1. The summed E-state index contributed by atoms with van der Waals surface area (Å²) in [6.07, 6.45) is 0. The van der Waals surface area contributed by atoms with Gasteiger partial charge in [-0.15, -0.1) is 0 Å². The summed E-state index contributed by atoms with van der Waals surface area (Å²) >= 11 is 1.75. The maximum atomic E-state index is 6.03. The molecule has 0 fully saturated rings. The van der Waals surface area contributed by atoms with Gasteiger partial charge in [-0.2, -0.15) is 0 Å². The first kappa shape index (κ1) is 9.71. The number of thioether (sulfide) groups is 1. The summed E-state index contributed by atoms with van der Waals surface area (Å²) in [5.41, 5.74) is 10.6. The monoisotopic (exact) mass is 209 g/mol. The summed E-state index contributed by atoms with van der Waals surface area (Å²) in [6, 6.07) is 0. The Hall–Kier alpha value is -0.830. The molecule has 0 radical (unpaired) electrons. The van der Waals surface area contributed by atoms with Crippen LogP contribution in [0.1, 0.15) is 23.6 Å². The van der Waals surface area contributed by atoms with Gasteiger partial charge in [-0.05, 0) is 44.4 Å². The van der Waals surface area contributed by atoms with Gasteiger partial charge in [-0.3, -0.25) is 0 Å². The smallest absolute Gasteiger partial charge is 0.146 e. The number of nitrogens with two attached hydrogens (primary N) is 1. The van der Waals surface area contributed by atoms with Crippen LogP contribution in [-0.2, 0) is 0 Å². The van der Waals surface area contributed by atoms with Crippen LogP contribution in [0.25, 0.3) is 0 Å². The molecule has 1 aromatic rings. The molecule has 0 amide bonds. The van der Waals surface area contributed by atoms with E-state index in [0.717, 1.165) is 22.6 Å². The van der Waals surface area contributed by atoms with Gasteiger partial charge in [0.05, 0.1) is 4.90 Å². The average Bonchev–Trinajstić information content (AvgIpc) is 2.54. The van der Waals surface area contributed by atoms with Crippen molar-refractivity contribution in [2.24, 2.45) is 0 Å². The molecule has 0 bridgehead atoms. The zero-order valence-electron chi connectivity index (χ0n) is 8.97. The molecule has 0 aliphatic carbocycles. The number of fused-ring (bicyclic) bond motifs is 1. The second-order valence-corrected chi connectivity index (χ2v) is 5.06. The highest BCUT2D eigenvalue weighted by molar-refractivity contribution is 8.00. The Bertz CT molecular complexity index is 364. The van der Waals surface area contributed by atoms with Gasteiger partial charge in [0.2, 0.25) is 0 Å². The van der Waals surface area contributed by atoms with Crippen molar-refractivity contribution in [3.05, 3.63) is 16.7 Å². The zero-order valence-corrected chi connectivity index (χ0v) is 9.79. The Morgan fingerprint density at radius 1 is 1.14 bits per heavy atom. The van der Waals surface area contributed by atoms with Gasteiger partial charge >= 0.3 is 0 Å². The van der Waals surface area contributed by atoms with E-state index in [-0.39, 0.29) is 5.44 Å². The molecular formula is C11H15NOS. The van der Waals surface area contributed by atoms with Crippen LogP contribution in [0.5, 0.6) is 5.75 Å². The third-order valence-corrected chi connectivity index (χ3v) is 3.98. The van der Waals surface area contributed by atoms with Gasteiger partial charge in [0.15, 0.2) is 0 Å². The van der Waals surface area contributed by atoms with Crippen molar-refractivity contribution in [2.75, 3.05) is 5.73 Å². The van der Waals surface area contributed by atoms with Crippen LogP contribution >= 0.6 is 11.8 Å². The summed E-state index contributed by atoms with van der Waals surface area (Å²) in [7, 11) is 0. The molecule has 1 heterocycles. The van der Waals surface area contributed by atoms with Crippen molar-refractivity contribution < 1.29 is 4.74 Å². The molecular weight excluding hydrogens is 194 g/mol. The van der Waals surface area contributed by atoms with Crippen molar-refractivity contribution in [3.63, 3.8) is 0 Å². The Kier molecular flexibility index (Phi) is 2.14. The largest absolute Gasteiger partial charge is 0.478 e. The van der Waals surface area contributed by atoms with E-state index in [1.165, 1.54) is 10.5 Å². The lowest BCUT2D eigenvalue weighted by molar-refractivity contribution is 0.312. The van der Waals surface area contributed by atoms with Gasteiger partial charge in [0.25, 0.3) is 0 Å². The lowest BCUT2D eigenvalue weighted by Gasteiger charge is -2.12. The Balaban J connectivity index is 2.70. The highest BCUT2D eigenvalue weighted by atomic mass is 32.2. The minimum absolute atomic E-state index is 0.212. The molecule has 1 aliphatic rings. The van der Waals surface area contributed by atoms with E-state index in [9.17, 15) is 0 Å². The van der Waals surface area contributed by atoms with Crippen LogP contribution in [0.15, 0.2) is 4.90 Å². The Morgan fingerprint density at radius 3 is 2.43 bits per heavy atom. The number of hydrogen-bond donors (Lipinski definition) is 1. The summed E-state index contributed by atoms with van der Waals surface area (Å²) in [4.78, 5) is 1.22. The number of rotatable bonds is 0. The number of nitrogen functional groups attached to an aromatic ring is 1. The fourth-order valence-corrected chi connectivity index (χ4v) is 2.83. The van der Waals surface area contributed by atoms with Gasteiger partial charge < -0.3 is 10.5 Å². The molecule has 2 nitrogen and oxygen atoms in total. The molecule has 1 atom stereocenters. The van der Waals surface area contributed by atoms with E-state index >= 15 is 0 Å². The van der Waals surface area contributed by atoms with Crippen LogP contribution in [0.2, 0.25) is 0 Å². The first-order chi connectivity index (χ1) is 6.52. The maximum Gasteiger partial charge on any atom is 0.146 e. The predicted molar refractivity (Wildman–Crippen MR) is 61.0 cm³/mol. The quantitative estimate of drug-likeness (QED) is 0.667. The Morgan fingerprint density at radius 2 is 1.79 bits per heavy atom. The van der Waals surface area contributed by atoms with E-state index in [1.807, 2.05) is 0 Å². The number of hydrogen-bond acceptors (Lipinski definition) is 3. The van der Waals surface area contributed by atoms with Crippen LogP contribution in [0.3, 0.4) is 0 Å². The summed E-state index contributed by atoms with van der Waals surface area (Å²) in [5, 5.41) is 0. The molecule has 14 heavy (non-hydrogen) atoms. The van der Waals surface area contributed by atoms with Gasteiger partial charge in [-0.1, -0.05) is 11.8 Å². The first-order valence-electron chi connectivity index (χ1n) is 4.75. The second-order valence-electron chi connectivity index (χ2n) is 3.75. The molecule has 1 aromatic carbocycles. The third kappa shape index (κ3) is 1.19. The van der Waals surface area contributed by atoms with Crippen LogP contribution in [0, 0.1) is 20.8 Å². The summed E-state index contributed by atoms with van der Waals surface area (Å²) in [6.45, 7) is 8.25. The number of benzene rings is 1. The van der Waals surface area contributed by atoms with Gasteiger partial charge in [-0.25, -0.2) is 0 Å². The van der Waals surface area contributed by atoms with Crippen LogP contribution < -0.4 is 10.5 Å². The van der Waals surface area contributed by atoms with Crippen molar-refractivity contribution >= 4 is 17.4 Å².